The van der Waals surface area contributed by atoms with Gasteiger partial charge in [-0.15, -0.1) is 0 Å². The number of hydrogen-bond acceptors (Lipinski definition) is 8. The Morgan fingerprint density at radius 3 is 2.00 bits per heavy atom. The molecule has 1 N–H and O–H groups in total. The van der Waals surface area contributed by atoms with Crippen LogP contribution in [0.25, 0.3) is 0 Å². The molecule has 0 saturated carbocycles. The van der Waals surface area contributed by atoms with Gasteiger partial charge in [-0.3, -0.25) is 18.7 Å². The van der Waals surface area contributed by atoms with Gasteiger partial charge in [-0.05, 0) is 35.7 Å². The number of carbonyl (C=O) groups is 3. The monoisotopic (exact) mass is 670 g/mol. The van der Waals surface area contributed by atoms with E-state index >= 15 is 0 Å². The van der Waals surface area contributed by atoms with E-state index < -0.39 is 73.4 Å². The molecule has 2 heterocycles. The lowest BCUT2D eigenvalue weighted by Gasteiger charge is -2.48. The summed E-state index contributed by atoms with van der Waals surface area (Å²) in [4.78, 5) is 41.3. The molecule has 240 valence electrons. The Kier molecular flexibility index (Phi) is 9.06. The van der Waals surface area contributed by atoms with E-state index in [2.05, 4.69) is 5.32 Å². The predicted molar refractivity (Wildman–Crippen MR) is 173 cm³/mol. The molecule has 1 fully saturated rings. The first kappa shape index (κ1) is 31.9. The number of aryl methyl sites for hydroxylation is 1. The summed E-state index contributed by atoms with van der Waals surface area (Å²) in [6.07, 6.45) is -0.954. The highest BCUT2D eigenvalue weighted by Gasteiger charge is 2.58. The molecule has 2 amide bonds. The molecule has 2 aliphatic rings. The molecular formula is C35H30N2O8S2. The summed E-state index contributed by atoms with van der Waals surface area (Å²) in [6.45, 7) is 1.79. The fraction of sp³-hybridized carbons (Fsp3) is 0.171. The molecule has 2 aliphatic heterocycles. The van der Waals surface area contributed by atoms with E-state index in [0.29, 0.717) is 16.7 Å². The van der Waals surface area contributed by atoms with E-state index in [0.717, 1.165) is 10.5 Å². The van der Waals surface area contributed by atoms with E-state index in [4.69, 9.17) is 8.92 Å². The van der Waals surface area contributed by atoms with Gasteiger partial charge in [0, 0.05) is 0 Å². The molecule has 1 saturated heterocycles. The zero-order valence-electron chi connectivity index (χ0n) is 25.1. The minimum atomic E-state index is -4.51. The summed E-state index contributed by atoms with van der Waals surface area (Å²) in [5.74, 6) is -3.29. The molecule has 0 spiro atoms. The van der Waals surface area contributed by atoms with E-state index in [-0.39, 0.29) is 11.3 Å². The molecule has 0 radical (unpaired) electrons. The van der Waals surface area contributed by atoms with Crippen LogP contribution in [0.2, 0.25) is 0 Å². The Hall–Kier alpha value is -5.07. The number of benzene rings is 4. The lowest BCUT2D eigenvalue weighted by atomic mass is 10.0. The number of ether oxygens (including phenoxy) is 1. The Morgan fingerprint density at radius 1 is 0.872 bits per heavy atom. The molecule has 0 bridgehead atoms. The Bertz CT molecular complexity index is 1930. The first-order chi connectivity index (χ1) is 22.6. The smallest absolute Gasteiger partial charge is 0.359 e. The summed E-state index contributed by atoms with van der Waals surface area (Å²) < 4.78 is 51.8. The van der Waals surface area contributed by atoms with Gasteiger partial charge in [-0.25, -0.2) is 4.79 Å². The summed E-state index contributed by atoms with van der Waals surface area (Å²) >= 11 is 0. The summed E-state index contributed by atoms with van der Waals surface area (Å²) in [7, 11) is -6.46. The molecule has 10 nitrogen and oxygen atoms in total. The second-order valence-electron chi connectivity index (χ2n) is 11.1. The third-order valence-electron chi connectivity index (χ3n) is 7.76. The normalized spacial score (nSPS) is 19.1. The average molecular weight is 671 g/mol. The van der Waals surface area contributed by atoms with Crippen LogP contribution >= 0.6 is 0 Å². The highest BCUT2D eigenvalue weighted by Crippen LogP contribution is 2.38. The van der Waals surface area contributed by atoms with Crippen molar-refractivity contribution in [2.24, 2.45) is 0 Å². The van der Waals surface area contributed by atoms with Crippen LogP contribution in [0.15, 0.2) is 132 Å². The second kappa shape index (κ2) is 13.3. The lowest BCUT2D eigenvalue weighted by molar-refractivity contribution is -0.155. The molecule has 2 unspecified atom stereocenters. The van der Waals surface area contributed by atoms with Crippen molar-refractivity contribution in [2.75, 3.05) is 5.75 Å². The summed E-state index contributed by atoms with van der Waals surface area (Å²) in [5, 5.41) is 1.49. The van der Waals surface area contributed by atoms with Crippen molar-refractivity contribution in [1.29, 1.82) is 0 Å². The minimum absolute atomic E-state index is 0.0201. The number of carbonyl (C=O) groups excluding carboxylic acids is 3. The largest absolute Gasteiger partial charge is 0.448 e. The molecule has 4 aromatic carbocycles. The van der Waals surface area contributed by atoms with Crippen LogP contribution in [0.4, 0.5) is 0 Å². The van der Waals surface area contributed by atoms with Crippen molar-refractivity contribution in [3.63, 3.8) is 0 Å². The van der Waals surface area contributed by atoms with Crippen LogP contribution in [-0.2, 0) is 50.6 Å². The Labute approximate surface area is 274 Å². The number of nitrogens with one attached hydrogen (secondary N) is 1. The molecule has 4 aromatic rings. The minimum Gasteiger partial charge on any atom is -0.448 e. The fourth-order valence-electron chi connectivity index (χ4n) is 5.44. The van der Waals surface area contributed by atoms with Crippen LogP contribution in [0, 0.1) is 6.92 Å². The second-order valence-corrected chi connectivity index (χ2v) is 14.1. The third kappa shape index (κ3) is 6.74. The van der Waals surface area contributed by atoms with Crippen molar-refractivity contribution >= 4 is 38.7 Å². The zero-order valence-corrected chi connectivity index (χ0v) is 26.8. The van der Waals surface area contributed by atoms with Gasteiger partial charge in [0.25, 0.3) is 5.91 Å². The van der Waals surface area contributed by atoms with Gasteiger partial charge in [-0.1, -0.05) is 109 Å². The third-order valence-corrected chi connectivity index (χ3v) is 10.6. The molecular weight excluding hydrogens is 641 g/mol. The molecule has 0 aromatic heterocycles. The Morgan fingerprint density at radius 2 is 1.43 bits per heavy atom. The molecule has 12 heteroatoms. The molecule has 3 atom stereocenters. The quantitative estimate of drug-likeness (QED) is 0.153. The first-order valence-corrected chi connectivity index (χ1v) is 17.5. The van der Waals surface area contributed by atoms with Crippen molar-refractivity contribution in [3.05, 3.63) is 149 Å². The van der Waals surface area contributed by atoms with E-state index in [1.165, 1.54) is 12.1 Å². The van der Waals surface area contributed by atoms with Crippen molar-refractivity contribution in [1.82, 2.24) is 10.2 Å². The number of esters is 1. The van der Waals surface area contributed by atoms with Crippen LogP contribution in [-0.4, -0.2) is 52.5 Å². The highest BCUT2D eigenvalue weighted by atomic mass is 32.2. The van der Waals surface area contributed by atoms with Crippen LogP contribution in [0.5, 0.6) is 0 Å². The van der Waals surface area contributed by atoms with Crippen LogP contribution in [0.1, 0.15) is 28.4 Å². The van der Waals surface area contributed by atoms with Gasteiger partial charge in [0.2, 0.25) is 5.91 Å². The predicted octanol–water partition coefficient (Wildman–Crippen LogP) is 3.90. The fourth-order valence-corrected chi connectivity index (χ4v) is 8.04. The van der Waals surface area contributed by atoms with Gasteiger partial charge in [-0.2, -0.15) is 8.42 Å². The van der Waals surface area contributed by atoms with Crippen molar-refractivity contribution < 1.29 is 35.9 Å². The topological polar surface area (TPSA) is 136 Å². The maximum absolute atomic E-state index is 14.1. The van der Waals surface area contributed by atoms with Crippen molar-refractivity contribution in [2.45, 2.75) is 35.8 Å². The van der Waals surface area contributed by atoms with Crippen molar-refractivity contribution in [3.8, 4) is 0 Å². The van der Waals surface area contributed by atoms with Gasteiger partial charge in [0.15, 0.2) is 17.6 Å². The van der Waals surface area contributed by atoms with E-state index in [1.54, 1.807) is 91.9 Å². The molecule has 6 rings (SSSR count). The van der Waals surface area contributed by atoms with Crippen LogP contribution < -0.4 is 5.32 Å². The first-order valence-electron chi connectivity index (χ1n) is 14.7. The molecule has 0 aliphatic carbocycles. The lowest BCUT2D eigenvalue weighted by Crippen LogP contribution is -2.73. The maximum Gasteiger partial charge on any atom is 0.359 e. The zero-order chi connectivity index (χ0) is 33.1. The summed E-state index contributed by atoms with van der Waals surface area (Å²) in [5.41, 5.74) is 2.29. The number of β-lactam (4-membered cyclic amide) rings is 1. The number of nitrogens with zero attached hydrogens (tertiary/aromatic N) is 1. The number of rotatable bonds is 10. The molecule has 47 heavy (non-hydrogen) atoms. The van der Waals surface area contributed by atoms with E-state index in [9.17, 15) is 27.0 Å². The van der Waals surface area contributed by atoms with Gasteiger partial charge < -0.3 is 14.2 Å². The van der Waals surface area contributed by atoms with Gasteiger partial charge in [0.1, 0.15) is 16.3 Å². The van der Waals surface area contributed by atoms with Gasteiger partial charge in [0.05, 0.1) is 23.0 Å². The highest BCUT2D eigenvalue weighted by molar-refractivity contribution is 7.87. The number of fused-ring (bicyclic) bond motifs is 1. The van der Waals surface area contributed by atoms with E-state index in [1.807, 2.05) is 18.2 Å². The summed E-state index contributed by atoms with van der Waals surface area (Å²) in [6, 6.07) is 31.4. The van der Waals surface area contributed by atoms with Gasteiger partial charge >= 0.3 is 16.1 Å². The number of hydrogen-bond donors (Lipinski definition) is 1. The standard InChI is InChI=1S/C35H30N2O8S2/c1-23-17-19-27(20-18-23)47(42,43)45-28-22-46(41)34-30(36-29(38)21-24-11-5-2-6-12-24)33(39)37(34)31(28)35(40)44-32(25-13-7-3-8-14-25)26-15-9-4-10-16-26/h2-20,30,32,34H,21-22H2,1H3,(H,36,38)/t30?,34-,46?/m1/s1. The SMILES string of the molecule is Cc1ccc(S(=O)(=O)OC2=C(C(=O)OC(c3ccccc3)c3ccccc3)N3C(=O)C(NC(=O)Cc4ccccc4)[C@H]3S(=O)C2)cc1. The van der Waals surface area contributed by atoms with Crippen LogP contribution in [0.3, 0.4) is 0 Å². The maximum atomic E-state index is 14.1. The Balaban J connectivity index is 1.35. The average Bonchev–Trinajstić information content (AvgIpc) is 3.07. The number of amides is 2.